The van der Waals surface area contributed by atoms with Gasteiger partial charge in [-0.25, -0.2) is 0 Å². The van der Waals surface area contributed by atoms with E-state index in [1.165, 1.54) is 5.56 Å². The number of nitrogens with zero attached hydrogens (tertiary/aromatic N) is 2. The Hall–Kier alpha value is -2.26. The highest BCUT2D eigenvalue weighted by Gasteiger charge is 2.07. The van der Waals surface area contributed by atoms with E-state index < -0.39 is 0 Å². The molecule has 0 N–H and O–H groups in total. The lowest BCUT2D eigenvalue weighted by atomic mass is 10.1. The number of hydrogen-bond acceptors (Lipinski definition) is 3. The topological polar surface area (TPSA) is 56.8 Å². The van der Waals surface area contributed by atoms with E-state index in [2.05, 4.69) is 18.2 Å². The van der Waals surface area contributed by atoms with Crippen molar-refractivity contribution in [2.45, 2.75) is 19.4 Å². The summed E-state index contributed by atoms with van der Waals surface area (Å²) in [6, 6.07) is 11.4. The molecule has 1 aliphatic heterocycles. The molecule has 1 aromatic rings. The molecule has 80 valence electrons. The maximum absolute atomic E-state index is 7.59. The quantitative estimate of drug-likeness (QED) is 0.664. The second-order valence-corrected chi connectivity index (χ2v) is 3.21. The number of hydrogen-bond donors (Lipinski definition) is 0. The first-order chi connectivity index (χ1) is 7.77. The van der Waals surface area contributed by atoms with Crippen LogP contribution in [0.1, 0.15) is 18.9 Å². The van der Waals surface area contributed by atoms with Crippen molar-refractivity contribution in [2.24, 2.45) is 0 Å². The Morgan fingerprint density at radius 1 is 1.25 bits per heavy atom. The molecule has 0 saturated heterocycles. The third kappa shape index (κ3) is 3.48. The van der Waals surface area contributed by atoms with E-state index in [1.54, 1.807) is 12.1 Å². The third-order valence-corrected chi connectivity index (χ3v) is 1.94. The van der Waals surface area contributed by atoms with Gasteiger partial charge in [0, 0.05) is 5.56 Å². The van der Waals surface area contributed by atoms with Gasteiger partial charge in [0.1, 0.15) is 18.3 Å². The van der Waals surface area contributed by atoms with E-state index in [0.717, 1.165) is 5.75 Å². The van der Waals surface area contributed by atoms with E-state index in [9.17, 15) is 0 Å². The molecule has 0 aromatic heterocycles. The first-order valence-electron chi connectivity index (χ1n) is 4.95. The molecule has 0 spiro atoms. The molecular formula is C13H12N2O. The molecule has 1 heterocycles. The molecule has 1 unspecified atom stereocenters. The van der Waals surface area contributed by atoms with Crippen LogP contribution in [0.5, 0.6) is 5.75 Å². The Morgan fingerprint density at radius 2 is 1.94 bits per heavy atom. The molecule has 0 fully saturated rings. The summed E-state index contributed by atoms with van der Waals surface area (Å²) in [5, 5.41) is 15.2. The van der Waals surface area contributed by atoms with Gasteiger partial charge < -0.3 is 4.74 Å². The summed E-state index contributed by atoms with van der Waals surface area (Å²) in [6.45, 7) is 2.03. The van der Waals surface area contributed by atoms with Gasteiger partial charge in [0.05, 0.1) is 12.1 Å². The van der Waals surface area contributed by atoms with Crippen LogP contribution in [0.25, 0.3) is 6.08 Å². The van der Waals surface area contributed by atoms with Gasteiger partial charge >= 0.3 is 0 Å². The normalized spacial score (nSPS) is 15.6. The zero-order valence-electron chi connectivity index (χ0n) is 9.05. The number of para-hydroxylation sites is 1. The Morgan fingerprint density at radius 3 is 2.56 bits per heavy atom. The summed E-state index contributed by atoms with van der Waals surface area (Å²) >= 11 is 0. The predicted octanol–water partition coefficient (Wildman–Crippen LogP) is 2.90. The SMILES string of the molecule is CC1C=Cc2ccccc2O1.N#CCC#N. The lowest BCUT2D eigenvalue weighted by Crippen LogP contribution is -2.11. The van der Waals surface area contributed by atoms with Crippen molar-refractivity contribution in [3.05, 3.63) is 35.9 Å². The van der Waals surface area contributed by atoms with Crippen LogP contribution < -0.4 is 4.74 Å². The number of fused-ring (bicyclic) bond motifs is 1. The summed E-state index contributed by atoms with van der Waals surface area (Å²) < 4.78 is 5.54. The van der Waals surface area contributed by atoms with Crippen molar-refractivity contribution < 1.29 is 4.74 Å². The summed E-state index contributed by atoms with van der Waals surface area (Å²) in [6.07, 6.45) is 4.37. The van der Waals surface area contributed by atoms with Gasteiger partial charge in [0.25, 0.3) is 0 Å². The van der Waals surface area contributed by atoms with E-state index in [-0.39, 0.29) is 12.5 Å². The first-order valence-corrected chi connectivity index (χ1v) is 4.95. The fourth-order valence-corrected chi connectivity index (χ4v) is 1.24. The number of rotatable bonds is 0. The molecule has 16 heavy (non-hydrogen) atoms. The highest BCUT2D eigenvalue weighted by atomic mass is 16.5. The minimum Gasteiger partial charge on any atom is -0.486 e. The van der Waals surface area contributed by atoms with Gasteiger partial charge in [-0.1, -0.05) is 24.3 Å². The predicted molar refractivity (Wildman–Crippen MR) is 61.4 cm³/mol. The highest BCUT2D eigenvalue weighted by molar-refractivity contribution is 5.59. The van der Waals surface area contributed by atoms with Gasteiger partial charge in [-0.2, -0.15) is 10.5 Å². The van der Waals surface area contributed by atoms with Crippen LogP contribution >= 0.6 is 0 Å². The molecule has 0 radical (unpaired) electrons. The minimum absolute atomic E-state index is 0. The lowest BCUT2D eigenvalue weighted by Gasteiger charge is -2.17. The maximum Gasteiger partial charge on any atom is 0.127 e. The Kier molecular flexibility index (Phi) is 4.63. The fraction of sp³-hybridized carbons (Fsp3) is 0.231. The van der Waals surface area contributed by atoms with Crippen molar-refractivity contribution in [1.29, 1.82) is 10.5 Å². The Balaban J connectivity index is 0.000000221. The monoisotopic (exact) mass is 212 g/mol. The molecule has 0 bridgehead atoms. The van der Waals surface area contributed by atoms with E-state index in [4.69, 9.17) is 15.3 Å². The van der Waals surface area contributed by atoms with Crippen LogP contribution in [0.2, 0.25) is 0 Å². The van der Waals surface area contributed by atoms with Crippen molar-refractivity contribution in [3.63, 3.8) is 0 Å². The van der Waals surface area contributed by atoms with Gasteiger partial charge in [0.15, 0.2) is 0 Å². The lowest BCUT2D eigenvalue weighted by molar-refractivity contribution is 0.266. The zero-order chi connectivity index (χ0) is 11.8. The van der Waals surface area contributed by atoms with Crippen LogP contribution in [0.15, 0.2) is 30.3 Å². The van der Waals surface area contributed by atoms with Crippen LogP contribution in [-0.4, -0.2) is 6.10 Å². The van der Waals surface area contributed by atoms with Crippen molar-refractivity contribution in [3.8, 4) is 17.9 Å². The summed E-state index contributed by atoms with van der Waals surface area (Å²) in [5.41, 5.74) is 1.17. The Bertz CT molecular complexity index is 440. The molecular weight excluding hydrogens is 200 g/mol. The molecule has 0 saturated carbocycles. The highest BCUT2D eigenvalue weighted by Crippen LogP contribution is 2.24. The van der Waals surface area contributed by atoms with Gasteiger partial charge in [0.2, 0.25) is 0 Å². The summed E-state index contributed by atoms with van der Waals surface area (Å²) in [4.78, 5) is 0. The van der Waals surface area contributed by atoms with Crippen molar-refractivity contribution in [1.82, 2.24) is 0 Å². The second-order valence-electron chi connectivity index (χ2n) is 3.21. The van der Waals surface area contributed by atoms with Crippen LogP contribution in [0.3, 0.4) is 0 Å². The van der Waals surface area contributed by atoms with Crippen molar-refractivity contribution in [2.75, 3.05) is 0 Å². The zero-order valence-corrected chi connectivity index (χ0v) is 9.05. The van der Waals surface area contributed by atoms with E-state index in [1.807, 2.05) is 25.1 Å². The van der Waals surface area contributed by atoms with E-state index >= 15 is 0 Å². The largest absolute Gasteiger partial charge is 0.486 e. The number of ether oxygens (including phenoxy) is 1. The minimum atomic E-state index is 0. The van der Waals surface area contributed by atoms with E-state index in [0.29, 0.717) is 0 Å². The molecule has 2 rings (SSSR count). The summed E-state index contributed by atoms with van der Waals surface area (Å²) in [5.74, 6) is 0.988. The number of nitriles is 2. The summed E-state index contributed by atoms with van der Waals surface area (Å²) in [7, 11) is 0. The standard InChI is InChI=1S/C10H10O.C3H2N2/c1-8-6-7-9-4-2-3-5-10(9)11-8;4-2-1-3-5/h2-8H,1H3;1H2. The van der Waals surface area contributed by atoms with Crippen LogP contribution in [0.4, 0.5) is 0 Å². The van der Waals surface area contributed by atoms with Gasteiger partial charge in [-0.3, -0.25) is 0 Å². The fourth-order valence-electron chi connectivity index (χ4n) is 1.24. The number of benzene rings is 1. The molecule has 0 amide bonds. The average molecular weight is 212 g/mol. The van der Waals surface area contributed by atoms with Crippen LogP contribution in [0, 0.1) is 22.7 Å². The maximum atomic E-state index is 7.59. The average Bonchev–Trinajstić information content (AvgIpc) is 2.31. The van der Waals surface area contributed by atoms with Crippen molar-refractivity contribution >= 4 is 6.08 Å². The molecule has 1 aliphatic rings. The Labute approximate surface area is 95.2 Å². The molecule has 0 aliphatic carbocycles. The molecule has 1 atom stereocenters. The van der Waals surface area contributed by atoms with Crippen LogP contribution in [-0.2, 0) is 0 Å². The van der Waals surface area contributed by atoms with Gasteiger partial charge in [-0.15, -0.1) is 0 Å². The molecule has 3 nitrogen and oxygen atoms in total. The molecule has 1 aromatic carbocycles. The second kappa shape index (κ2) is 6.27. The van der Waals surface area contributed by atoms with Gasteiger partial charge in [-0.05, 0) is 19.1 Å². The molecule has 3 heteroatoms. The smallest absolute Gasteiger partial charge is 0.127 e. The third-order valence-electron chi connectivity index (χ3n) is 1.94. The first kappa shape index (κ1) is 11.8.